The lowest BCUT2D eigenvalue weighted by Gasteiger charge is -2.05. The van der Waals surface area contributed by atoms with Gasteiger partial charge in [-0.05, 0) is 30.7 Å². The molecule has 1 aromatic carbocycles. The Hall–Kier alpha value is -2.20. The lowest BCUT2D eigenvalue weighted by Crippen LogP contribution is -2.06. The van der Waals surface area contributed by atoms with Gasteiger partial charge in [0.1, 0.15) is 5.69 Å². The minimum absolute atomic E-state index is 0.0111. The molecule has 0 saturated carbocycles. The zero-order valence-corrected chi connectivity index (χ0v) is 12.6. The van der Waals surface area contributed by atoms with Crippen LogP contribution in [0.25, 0.3) is 10.9 Å². The van der Waals surface area contributed by atoms with Crippen molar-refractivity contribution in [2.45, 2.75) is 19.8 Å². The molecule has 3 rings (SSSR count). The highest BCUT2D eigenvalue weighted by molar-refractivity contribution is 7.12. The topological polar surface area (TPSA) is 56.0 Å². The van der Waals surface area contributed by atoms with Gasteiger partial charge in [0.05, 0.1) is 5.52 Å². The van der Waals surface area contributed by atoms with Crippen molar-refractivity contribution in [2.75, 3.05) is 5.73 Å². The molecule has 106 valence electrons. The van der Waals surface area contributed by atoms with Gasteiger partial charge < -0.3 is 5.73 Å². The largest absolute Gasteiger partial charge is 0.398 e. The van der Waals surface area contributed by atoms with Crippen LogP contribution in [0.3, 0.4) is 0 Å². The predicted molar refractivity (Wildman–Crippen MR) is 87.9 cm³/mol. The molecule has 2 heterocycles. The first-order valence-electron chi connectivity index (χ1n) is 6.93. The Morgan fingerprint density at radius 1 is 1.19 bits per heavy atom. The minimum atomic E-state index is 0.0111. The van der Waals surface area contributed by atoms with E-state index in [1.807, 2.05) is 30.3 Å². The monoisotopic (exact) mass is 296 g/mol. The predicted octanol–water partition coefficient (Wildman–Crippen LogP) is 3.87. The van der Waals surface area contributed by atoms with Crippen LogP contribution in [0, 0.1) is 0 Å². The molecule has 0 bridgehead atoms. The number of ketones is 1. The molecule has 3 nitrogen and oxygen atoms in total. The van der Waals surface area contributed by atoms with Crippen LogP contribution < -0.4 is 5.73 Å². The molecule has 4 heteroatoms. The zero-order chi connectivity index (χ0) is 14.8. The molecule has 0 amide bonds. The quantitative estimate of drug-likeness (QED) is 0.744. The van der Waals surface area contributed by atoms with Gasteiger partial charge in [0.15, 0.2) is 5.78 Å². The number of fused-ring (bicyclic) bond motifs is 1. The molecule has 0 aliphatic carbocycles. The van der Waals surface area contributed by atoms with Crippen LogP contribution in [0.5, 0.6) is 0 Å². The summed E-state index contributed by atoms with van der Waals surface area (Å²) >= 11 is 1.68. The first-order valence-corrected chi connectivity index (χ1v) is 7.75. The molecule has 0 spiro atoms. The highest BCUT2D eigenvalue weighted by Crippen LogP contribution is 2.22. The molecule has 2 aromatic heterocycles. The van der Waals surface area contributed by atoms with Gasteiger partial charge in [-0.15, -0.1) is 11.3 Å². The second-order valence-corrected chi connectivity index (χ2v) is 6.19. The molecule has 21 heavy (non-hydrogen) atoms. The van der Waals surface area contributed by atoms with Crippen LogP contribution in [0.2, 0.25) is 0 Å². The van der Waals surface area contributed by atoms with Crippen molar-refractivity contribution in [1.29, 1.82) is 0 Å². The summed E-state index contributed by atoms with van der Waals surface area (Å²) in [4.78, 5) is 19.2. The summed E-state index contributed by atoms with van der Waals surface area (Å²) in [7, 11) is 0. The Labute approximate surface area is 127 Å². The first kappa shape index (κ1) is 13.8. The average Bonchev–Trinajstić information content (AvgIpc) is 2.95. The standard InChI is InChI=1S/C17H16N2OS/c1-2-11-7-8-12(21-11)9-17(20)16-10-14(18)13-5-3-4-6-15(13)19-16/h3-8,10H,2,9H2,1H3,(H2,18,19). The number of benzene rings is 1. The number of carbonyl (C=O) groups is 1. The van der Waals surface area contributed by atoms with E-state index in [0.29, 0.717) is 17.8 Å². The third-order valence-corrected chi connectivity index (χ3v) is 4.66. The SMILES string of the molecule is CCc1ccc(CC(=O)c2cc(N)c3ccccc3n2)s1. The van der Waals surface area contributed by atoms with Crippen molar-refractivity contribution >= 4 is 33.7 Å². The summed E-state index contributed by atoms with van der Waals surface area (Å²) in [6.45, 7) is 2.11. The van der Waals surface area contributed by atoms with Gasteiger partial charge in [-0.2, -0.15) is 0 Å². The molecular formula is C17H16N2OS. The first-order chi connectivity index (χ1) is 10.2. The second-order valence-electron chi connectivity index (χ2n) is 4.94. The van der Waals surface area contributed by atoms with E-state index >= 15 is 0 Å². The summed E-state index contributed by atoms with van der Waals surface area (Å²) in [6, 6.07) is 13.4. The van der Waals surface area contributed by atoms with E-state index in [1.54, 1.807) is 17.4 Å². The number of para-hydroxylation sites is 1. The Kier molecular flexibility index (Phi) is 3.71. The molecule has 0 saturated heterocycles. The van der Waals surface area contributed by atoms with E-state index in [9.17, 15) is 4.79 Å². The van der Waals surface area contributed by atoms with Crippen LogP contribution in [-0.4, -0.2) is 10.8 Å². The van der Waals surface area contributed by atoms with Crippen molar-refractivity contribution < 1.29 is 4.79 Å². The third-order valence-electron chi connectivity index (χ3n) is 3.43. The fourth-order valence-corrected chi connectivity index (χ4v) is 3.26. The fourth-order valence-electron chi connectivity index (χ4n) is 2.30. The number of pyridine rings is 1. The molecular weight excluding hydrogens is 280 g/mol. The smallest absolute Gasteiger partial charge is 0.186 e. The highest BCUT2D eigenvalue weighted by atomic mass is 32.1. The maximum atomic E-state index is 12.4. The number of anilines is 1. The number of aryl methyl sites for hydroxylation is 1. The zero-order valence-electron chi connectivity index (χ0n) is 11.8. The van der Waals surface area contributed by atoms with Crippen LogP contribution in [-0.2, 0) is 12.8 Å². The number of hydrogen-bond donors (Lipinski definition) is 1. The van der Waals surface area contributed by atoms with E-state index in [0.717, 1.165) is 22.2 Å². The maximum Gasteiger partial charge on any atom is 0.186 e. The number of thiophene rings is 1. The molecule has 0 radical (unpaired) electrons. The number of rotatable bonds is 4. The van der Waals surface area contributed by atoms with E-state index in [2.05, 4.69) is 18.0 Å². The van der Waals surface area contributed by atoms with E-state index in [4.69, 9.17) is 5.73 Å². The Morgan fingerprint density at radius 2 is 1.95 bits per heavy atom. The molecule has 0 fully saturated rings. The third kappa shape index (κ3) is 2.81. The van der Waals surface area contributed by atoms with E-state index in [-0.39, 0.29) is 5.78 Å². The Balaban J connectivity index is 1.90. The van der Waals surface area contributed by atoms with Gasteiger partial charge >= 0.3 is 0 Å². The Morgan fingerprint density at radius 3 is 2.71 bits per heavy atom. The number of carbonyl (C=O) groups excluding carboxylic acids is 1. The lowest BCUT2D eigenvalue weighted by atomic mass is 10.1. The van der Waals surface area contributed by atoms with Gasteiger partial charge in [-0.25, -0.2) is 4.98 Å². The molecule has 3 aromatic rings. The number of nitrogens with zero attached hydrogens (tertiary/aromatic N) is 1. The van der Waals surface area contributed by atoms with Gasteiger partial charge in [0.25, 0.3) is 0 Å². The number of nitrogen functional groups attached to an aromatic ring is 1. The van der Waals surface area contributed by atoms with E-state index < -0.39 is 0 Å². The van der Waals surface area contributed by atoms with Crippen molar-refractivity contribution in [3.05, 3.63) is 57.9 Å². The van der Waals surface area contributed by atoms with E-state index in [1.165, 1.54) is 4.88 Å². The average molecular weight is 296 g/mol. The summed E-state index contributed by atoms with van der Waals surface area (Å²) in [6.07, 6.45) is 1.38. The number of nitrogens with two attached hydrogens (primary N) is 1. The molecule has 0 unspecified atom stereocenters. The summed E-state index contributed by atoms with van der Waals surface area (Å²) in [5.41, 5.74) is 7.83. The van der Waals surface area contributed by atoms with Crippen molar-refractivity contribution in [3.63, 3.8) is 0 Å². The minimum Gasteiger partial charge on any atom is -0.398 e. The van der Waals surface area contributed by atoms with Crippen LogP contribution in [0.15, 0.2) is 42.5 Å². The maximum absolute atomic E-state index is 12.4. The molecule has 0 aliphatic rings. The van der Waals surface area contributed by atoms with Crippen LogP contribution in [0.1, 0.15) is 27.2 Å². The Bertz CT molecular complexity index is 807. The number of hydrogen-bond acceptors (Lipinski definition) is 4. The van der Waals surface area contributed by atoms with Crippen LogP contribution >= 0.6 is 11.3 Å². The number of Topliss-reactive ketones (excluding diaryl/α,β-unsaturated/α-hetero) is 1. The molecule has 0 aliphatic heterocycles. The normalized spacial score (nSPS) is 10.9. The fraction of sp³-hybridized carbons (Fsp3) is 0.176. The van der Waals surface area contributed by atoms with Crippen LogP contribution in [0.4, 0.5) is 5.69 Å². The summed E-state index contributed by atoms with van der Waals surface area (Å²) in [5, 5.41) is 0.887. The van der Waals surface area contributed by atoms with Crippen molar-refractivity contribution in [1.82, 2.24) is 4.98 Å². The summed E-state index contributed by atoms with van der Waals surface area (Å²) < 4.78 is 0. The van der Waals surface area contributed by atoms with Gasteiger partial charge in [0, 0.05) is 27.2 Å². The summed E-state index contributed by atoms with van der Waals surface area (Å²) in [5.74, 6) is 0.0111. The van der Waals surface area contributed by atoms with Gasteiger partial charge in [-0.3, -0.25) is 4.79 Å². The molecule has 2 N–H and O–H groups in total. The highest BCUT2D eigenvalue weighted by Gasteiger charge is 2.12. The van der Waals surface area contributed by atoms with Crippen molar-refractivity contribution in [2.24, 2.45) is 0 Å². The number of aromatic nitrogens is 1. The van der Waals surface area contributed by atoms with Gasteiger partial charge in [-0.1, -0.05) is 25.1 Å². The molecule has 0 atom stereocenters. The van der Waals surface area contributed by atoms with Crippen molar-refractivity contribution in [3.8, 4) is 0 Å². The van der Waals surface area contributed by atoms with Gasteiger partial charge in [0.2, 0.25) is 0 Å². The lowest BCUT2D eigenvalue weighted by molar-refractivity contribution is 0.0989. The second kappa shape index (κ2) is 5.66.